The van der Waals surface area contributed by atoms with E-state index in [0.29, 0.717) is 41.3 Å². The maximum Gasteiger partial charge on any atom is 0.245 e. The fourth-order valence-corrected chi connectivity index (χ4v) is 7.73. The number of benzene rings is 3. The monoisotopic (exact) mass is 545 g/mol. The summed E-state index contributed by atoms with van der Waals surface area (Å²) >= 11 is 0. The van der Waals surface area contributed by atoms with Gasteiger partial charge in [-0.1, -0.05) is 30.3 Å². The van der Waals surface area contributed by atoms with Gasteiger partial charge in [-0.15, -0.1) is 0 Å². The highest BCUT2D eigenvalue weighted by atomic mass is 32.2. The van der Waals surface area contributed by atoms with Crippen molar-refractivity contribution < 1.29 is 22.6 Å². The standard InChI is InChI=1S/C30H31N3O5S/c1-4-38-27-18-21(11-12-25(27)36-2)30-32-17-15-20-8-5-6-9-22(20)24(32)19-33(30)39(34,35)28-14-13-26(37-3)29-23(28)10-7-16-31-29/h5-14,16,18,24,30H,4,15,17,19H2,1-3H3/t24-,30+/m0/s1. The first-order chi connectivity index (χ1) is 19.0. The zero-order valence-electron chi connectivity index (χ0n) is 22.2. The average molecular weight is 546 g/mol. The molecule has 39 heavy (non-hydrogen) atoms. The molecule has 0 saturated carbocycles. The van der Waals surface area contributed by atoms with E-state index in [0.717, 1.165) is 18.5 Å². The fraction of sp³-hybridized carbons (Fsp3) is 0.300. The van der Waals surface area contributed by atoms with E-state index >= 15 is 0 Å². The van der Waals surface area contributed by atoms with Gasteiger partial charge < -0.3 is 14.2 Å². The summed E-state index contributed by atoms with van der Waals surface area (Å²) in [5.41, 5.74) is 3.79. The van der Waals surface area contributed by atoms with Crippen molar-refractivity contribution in [1.29, 1.82) is 0 Å². The van der Waals surface area contributed by atoms with Gasteiger partial charge in [0.05, 0.1) is 31.8 Å². The number of hydrogen-bond donors (Lipinski definition) is 0. The lowest BCUT2D eigenvalue weighted by Gasteiger charge is -2.36. The third kappa shape index (κ3) is 4.21. The minimum atomic E-state index is -3.97. The number of ether oxygens (including phenoxy) is 3. The molecule has 3 heterocycles. The van der Waals surface area contributed by atoms with Crippen molar-refractivity contribution in [1.82, 2.24) is 14.2 Å². The summed E-state index contributed by atoms with van der Waals surface area (Å²) < 4.78 is 47.7. The van der Waals surface area contributed by atoms with Gasteiger partial charge in [-0.05, 0) is 66.4 Å². The van der Waals surface area contributed by atoms with E-state index in [2.05, 4.69) is 22.0 Å². The number of aromatic nitrogens is 1. The first-order valence-corrected chi connectivity index (χ1v) is 14.5. The molecule has 9 heteroatoms. The molecule has 0 radical (unpaired) electrons. The summed E-state index contributed by atoms with van der Waals surface area (Å²) in [6.45, 7) is 3.45. The van der Waals surface area contributed by atoms with Crippen LogP contribution in [0.3, 0.4) is 0 Å². The van der Waals surface area contributed by atoms with Crippen LogP contribution in [-0.2, 0) is 16.4 Å². The highest BCUT2D eigenvalue weighted by Gasteiger charge is 2.49. The molecule has 202 valence electrons. The molecule has 2 atom stereocenters. The molecular weight excluding hydrogens is 514 g/mol. The molecule has 8 nitrogen and oxygen atoms in total. The van der Waals surface area contributed by atoms with E-state index in [1.165, 1.54) is 11.1 Å². The van der Waals surface area contributed by atoms with Crippen LogP contribution in [0.15, 0.2) is 77.8 Å². The van der Waals surface area contributed by atoms with Crippen molar-refractivity contribution >= 4 is 20.9 Å². The smallest absolute Gasteiger partial charge is 0.245 e. The van der Waals surface area contributed by atoms with E-state index in [-0.39, 0.29) is 10.9 Å². The Morgan fingerprint density at radius 2 is 1.74 bits per heavy atom. The topological polar surface area (TPSA) is 81.2 Å². The molecule has 0 bridgehead atoms. The van der Waals surface area contributed by atoms with Crippen LogP contribution in [0.1, 0.15) is 35.8 Å². The summed E-state index contributed by atoms with van der Waals surface area (Å²) in [6, 6.07) is 20.8. The van der Waals surface area contributed by atoms with Gasteiger partial charge >= 0.3 is 0 Å². The van der Waals surface area contributed by atoms with Crippen molar-refractivity contribution in [3.05, 3.63) is 89.6 Å². The molecule has 1 fully saturated rings. The van der Waals surface area contributed by atoms with Crippen LogP contribution in [0.4, 0.5) is 0 Å². The van der Waals surface area contributed by atoms with E-state index in [4.69, 9.17) is 14.2 Å². The number of fused-ring (bicyclic) bond motifs is 4. The molecule has 0 spiro atoms. The van der Waals surface area contributed by atoms with E-state index < -0.39 is 16.2 Å². The van der Waals surface area contributed by atoms with Gasteiger partial charge in [0.2, 0.25) is 10.0 Å². The number of methoxy groups -OCH3 is 2. The minimum Gasteiger partial charge on any atom is -0.494 e. The van der Waals surface area contributed by atoms with Crippen LogP contribution in [0.25, 0.3) is 10.9 Å². The average Bonchev–Trinajstić information content (AvgIpc) is 3.38. The number of rotatable bonds is 7. The molecular formula is C30H31N3O5S. The molecule has 0 unspecified atom stereocenters. The van der Waals surface area contributed by atoms with Crippen LogP contribution in [0.5, 0.6) is 17.2 Å². The lowest BCUT2D eigenvalue weighted by atomic mass is 9.93. The van der Waals surface area contributed by atoms with Crippen molar-refractivity contribution in [2.24, 2.45) is 0 Å². The summed E-state index contributed by atoms with van der Waals surface area (Å²) in [4.78, 5) is 6.94. The Kier molecular flexibility index (Phi) is 6.66. The Morgan fingerprint density at radius 1 is 0.949 bits per heavy atom. The maximum absolute atomic E-state index is 14.6. The third-order valence-electron chi connectivity index (χ3n) is 7.68. The zero-order chi connectivity index (χ0) is 27.1. The van der Waals surface area contributed by atoms with Crippen molar-refractivity contribution in [2.45, 2.75) is 30.4 Å². The fourth-order valence-electron chi connectivity index (χ4n) is 5.95. The quantitative estimate of drug-likeness (QED) is 0.325. The van der Waals surface area contributed by atoms with Gasteiger partial charge in [-0.2, -0.15) is 4.31 Å². The summed E-state index contributed by atoms with van der Waals surface area (Å²) in [6.07, 6.45) is 1.97. The first kappa shape index (κ1) is 25.6. The Morgan fingerprint density at radius 3 is 2.54 bits per heavy atom. The Bertz CT molecular complexity index is 1640. The SMILES string of the molecule is CCOc1cc([C@@H]2N3CCc4ccccc4[C@@H]3CN2S(=O)(=O)c2ccc(OC)c3ncccc23)ccc1OC. The van der Waals surface area contributed by atoms with Crippen molar-refractivity contribution in [2.75, 3.05) is 33.9 Å². The highest BCUT2D eigenvalue weighted by Crippen LogP contribution is 2.48. The van der Waals surface area contributed by atoms with E-state index in [1.54, 1.807) is 49.0 Å². The minimum absolute atomic E-state index is 0.0741. The van der Waals surface area contributed by atoms with Gasteiger partial charge in [0.25, 0.3) is 0 Å². The number of hydrogen-bond acceptors (Lipinski definition) is 7. The zero-order valence-corrected chi connectivity index (χ0v) is 23.0. The molecule has 4 aromatic rings. The molecule has 0 N–H and O–H groups in total. The van der Waals surface area contributed by atoms with Crippen LogP contribution in [0, 0.1) is 0 Å². The Balaban J connectivity index is 1.53. The summed E-state index contributed by atoms with van der Waals surface area (Å²) in [5.74, 6) is 1.74. The van der Waals surface area contributed by atoms with Crippen LogP contribution in [0.2, 0.25) is 0 Å². The van der Waals surface area contributed by atoms with Crippen LogP contribution >= 0.6 is 0 Å². The Hall–Kier alpha value is -3.66. The molecule has 1 saturated heterocycles. The van der Waals surface area contributed by atoms with Gasteiger partial charge in [0.1, 0.15) is 17.4 Å². The first-order valence-electron chi connectivity index (χ1n) is 13.1. The van der Waals surface area contributed by atoms with Crippen LogP contribution in [-0.4, -0.2) is 56.5 Å². The molecule has 1 aromatic heterocycles. The summed E-state index contributed by atoms with van der Waals surface area (Å²) in [5, 5.41) is 0.533. The van der Waals surface area contributed by atoms with Crippen molar-refractivity contribution in [3.8, 4) is 17.2 Å². The maximum atomic E-state index is 14.6. The molecule has 0 aliphatic carbocycles. The van der Waals surface area contributed by atoms with Crippen LogP contribution < -0.4 is 14.2 Å². The van der Waals surface area contributed by atoms with E-state index in [9.17, 15) is 8.42 Å². The molecule has 2 aliphatic rings. The molecule has 6 rings (SSSR count). The second-order valence-corrected chi connectivity index (χ2v) is 11.5. The largest absolute Gasteiger partial charge is 0.494 e. The lowest BCUT2D eigenvalue weighted by molar-refractivity contribution is 0.154. The number of sulfonamides is 1. The molecule has 0 amide bonds. The van der Waals surface area contributed by atoms with E-state index in [1.807, 2.05) is 37.3 Å². The van der Waals surface area contributed by atoms with Gasteiger partial charge in [0, 0.05) is 24.7 Å². The third-order valence-corrected chi connectivity index (χ3v) is 9.56. The lowest BCUT2D eigenvalue weighted by Crippen LogP contribution is -2.37. The summed E-state index contributed by atoms with van der Waals surface area (Å²) in [7, 11) is -0.805. The second-order valence-electron chi connectivity index (χ2n) is 9.66. The number of pyridine rings is 1. The molecule has 2 aliphatic heterocycles. The van der Waals surface area contributed by atoms with Gasteiger partial charge in [0.15, 0.2) is 11.5 Å². The molecule has 3 aromatic carbocycles. The Labute approximate surface area is 228 Å². The van der Waals surface area contributed by atoms with Crippen molar-refractivity contribution in [3.63, 3.8) is 0 Å². The normalized spacial score (nSPS) is 19.5. The second kappa shape index (κ2) is 10.1. The number of nitrogens with zero attached hydrogens (tertiary/aromatic N) is 3. The van der Waals surface area contributed by atoms with Gasteiger partial charge in [-0.25, -0.2) is 8.42 Å². The predicted octanol–water partition coefficient (Wildman–Crippen LogP) is 4.95. The highest BCUT2D eigenvalue weighted by molar-refractivity contribution is 7.89. The van der Waals surface area contributed by atoms with Gasteiger partial charge in [-0.3, -0.25) is 9.88 Å². The predicted molar refractivity (Wildman–Crippen MR) is 149 cm³/mol.